The van der Waals surface area contributed by atoms with Crippen LogP contribution in [-0.4, -0.2) is 0 Å². The van der Waals surface area contributed by atoms with E-state index in [1.165, 1.54) is 56.2 Å². The van der Waals surface area contributed by atoms with Crippen molar-refractivity contribution in [2.45, 2.75) is 58.8 Å². The topological polar surface area (TPSA) is 0 Å². The molecule has 142 valence electrons. The third-order valence-electron chi connectivity index (χ3n) is 6.10. The zero-order valence-corrected chi connectivity index (χ0v) is 16.7. The molecule has 0 N–H and O–H groups in total. The van der Waals surface area contributed by atoms with Gasteiger partial charge in [0.25, 0.3) is 0 Å². The van der Waals surface area contributed by atoms with Gasteiger partial charge in [-0.05, 0) is 79.0 Å². The van der Waals surface area contributed by atoms with Crippen LogP contribution in [0.2, 0.25) is 0 Å². The van der Waals surface area contributed by atoms with Crippen LogP contribution in [0.3, 0.4) is 0 Å². The summed E-state index contributed by atoms with van der Waals surface area (Å²) in [6.45, 7) is 4.73. The molecule has 2 aromatic carbocycles. The Labute approximate surface area is 164 Å². The van der Waals surface area contributed by atoms with Gasteiger partial charge in [0, 0.05) is 11.1 Å². The summed E-state index contributed by atoms with van der Waals surface area (Å²) in [7, 11) is 0. The second kappa shape index (κ2) is 9.75. The highest BCUT2D eigenvalue weighted by atomic mass is 19.1. The average Bonchev–Trinajstić information content (AvgIpc) is 2.69. The highest BCUT2D eigenvalue weighted by Crippen LogP contribution is 2.36. The summed E-state index contributed by atoms with van der Waals surface area (Å²) in [5, 5.41) is 0. The lowest BCUT2D eigenvalue weighted by Crippen LogP contribution is -2.21. The van der Waals surface area contributed by atoms with Crippen LogP contribution in [0.1, 0.15) is 69.1 Å². The van der Waals surface area contributed by atoms with Crippen LogP contribution >= 0.6 is 0 Å². The van der Waals surface area contributed by atoms with Crippen LogP contribution in [0.4, 0.5) is 4.39 Å². The molecular weight excluding hydrogens is 331 g/mol. The van der Waals surface area contributed by atoms with Crippen LogP contribution in [0.5, 0.6) is 0 Å². The van der Waals surface area contributed by atoms with E-state index in [0.717, 1.165) is 35.3 Å². The SMILES string of the molecule is CCCC1CCC(C(C)Cc2ccc(C#Cc3ccc(F)cc3)cc2)CC1. The maximum Gasteiger partial charge on any atom is 0.123 e. The summed E-state index contributed by atoms with van der Waals surface area (Å²) in [5.74, 6) is 8.66. The molecule has 0 aromatic heterocycles. The second-order valence-electron chi connectivity index (χ2n) is 8.20. The first-order chi connectivity index (χ1) is 13.1. The first kappa shape index (κ1) is 19.7. The molecule has 1 atom stereocenters. The molecule has 0 radical (unpaired) electrons. The quantitative estimate of drug-likeness (QED) is 0.502. The van der Waals surface area contributed by atoms with Gasteiger partial charge in [-0.15, -0.1) is 0 Å². The predicted molar refractivity (Wildman–Crippen MR) is 112 cm³/mol. The zero-order valence-electron chi connectivity index (χ0n) is 16.7. The summed E-state index contributed by atoms with van der Waals surface area (Å²) in [6, 6.07) is 15.0. The Bertz CT molecular complexity index is 753. The van der Waals surface area contributed by atoms with Gasteiger partial charge in [-0.25, -0.2) is 4.39 Å². The largest absolute Gasteiger partial charge is 0.207 e. The minimum absolute atomic E-state index is 0.224. The molecule has 0 heterocycles. The Hall–Kier alpha value is -2.07. The van der Waals surface area contributed by atoms with Crippen LogP contribution in [0, 0.1) is 35.4 Å². The van der Waals surface area contributed by atoms with Crippen molar-refractivity contribution in [3.05, 3.63) is 71.0 Å². The molecule has 0 saturated heterocycles. The van der Waals surface area contributed by atoms with Crippen molar-refractivity contribution in [1.82, 2.24) is 0 Å². The molecule has 0 amide bonds. The maximum atomic E-state index is 12.9. The van der Waals surface area contributed by atoms with Gasteiger partial charge in [0.15, 0.2) is 0 Å². The highest BCUT2D eigenvalue weighted by molar-refractivity contribution is 5.43. The lowest BCUT2D eigenvalue weighted by molar-refractivity contribution is 0.206. The lowest BCUT2D eigenvalue weighted by Gasteiger charge is -2.32. The van der Waals surface area contributed by atoms with Gasteiger partial charge in [-0.3, -0.25) is 0 Å². The molecule has 3 rings (SSSR count). The van der Waals surface area contributed by atoms with Gasteiger partial charge in [-0.2, -0.15) is 0 Å². The van der Waals surface area contributed by atoms with E-state index in [9.17, 15) is 4.39 Å². The monoisotopic (exact) mass is 362 g/mol. The normalized spacial score (nSPS) is 20.6. The Morgan fingerprint density at radius 1 is 0.889 bits per heavy atom. The van der Waals surface area contributed by atoms with Crippen molar-refractivity contribution in [3.8, 4) is 11.8 Å². The summed E-state index contributed by atoms with van der Waals surface area (Å²) in [5.41, 5.74) is 3.26. The van der Waals surface area contributed by atoms with E-state index >= 15 is 0 Å². The fraction of sp³-hybridized carbons (Fsp3) is 0.462. The molecule has 1 heteroatoms. The lowest BCUT2D eigenvalue weighted by atomic mass is 9.74. The summed E-state index contributed by atoms with van der Waals surface area (Å²) in [4.78, 5) is 0. The fourth-order valence-corrected chi connectivity index (χ4v) is 4.39. The van der Waals surface area contributed by atoms with Crippen LogP contribution in [0.15, 0.2) is 48.5 Å². The third-order valence-corrected chi connectivity index (χ3v) is 6.10. The van der Waals surface area contributed by atoms with Crippen molar-refractivity contribution in [2.75, 3.05) is 0 Å². The van der Waals surface area contributed by atoms with Crippen LogP contribution in [-0.2, 0) is 6.42 Å². The van der Waals surface area contributed by atoms with Crippen molar-refractivity contribution in [3.63, 3.8) is 0 Å². The van der Waals surface area contributed by atoms with Crippen molar-refractivity contribution >= 4 is 0 Å². The maximum absolute atomic E-state index is 12.9. The van der Waals surface area contributed by atoms with Gasteiger partial charge in [-0.1, -0.05) is 63.5 Å². The first-order valence-corrected chi connectivity index (χ1v) is 10.5. The molecule has 0 bridgehead atoms. The van der Waals surface area contributed by atoms with Gasteiger partial charge >= 0.3 is 0 Å². The van der Waals surface area contributed by atoms with Gasteiger partial charge in [0.05, 0.1) is 0 Å². The Kier molecular flexibility index (Phi) is 7.11. The van der Waals surface area contributed by atoms with Crippen molar-refractivity contribution < 1.29 is 4.39 Å². The zero-order chi connectivity index (χ0) is 19.1. The smallest absolute Gasteiger partial charge is 0.123 e. The van der Waals surface area contributed by atoms with E-state index in [2.05, 4.69) is 50.0 Å². The molecule has 2 aromatic rings. The van der Waals surface area contributed by atoms with E-state index in [0.29, 0.717) is 0 Å². The average molecular weight is 363 g/mol. The molecule has 27 heavy (non-hydrogen) atoms. The number of hydrogen-bond acceptors (Lipinski definition) is 0. The van der Waals surface area contributed by atoms with E-state index in [1.807, 2.05) is 0 Å². The molecule has 0 spiro atoms. The number of benzene rings is 2. The molecule has 1 aliphatic rings. The highest BCUT2D eigenvalue weighted by Gasteiger charge is 2.24. The van der Waals surface area contributed by atoms with Crippen LogP contribution < -0.4 is 0 Å². The fourth-order valence-electron chi connectivity index (χ4n) is 4.39. The van der Waals surface area contributed by atoms with Gasteiger partial charge in [0.1, 0.15) is 5.82 Å². The van der Waals surface area contributed by atoms with E-state index in [-0.39, 0.29) is 5.82 Å². The molecule has 1 aliphatic carbocycles. The Balaban J connectivity index is 1.52. The standard InChI is InChI=1S/C26H31F/c1-3-4-21-11-15-25(16-12-21)20(2)19-24-9-7-22(8-10-24)5-6-23-13-17-26(27)18-14-23/h7-10,13-14,17-18,20-21,25H,3-4,11-12,15-16,19H2,1-2H3. The van der Waals surface area contributed by atoms with Gasteiger partial charge < -0.3 is 0 Å². The van der Waals surface area contributed by atoms with Crippen molar-refractivity contribution in [1.29, 1.82) is 0 Å². The first-order valence-electron chi connectivity index (χ1n) is 10.5. The second-order valence-corrected chi connectivity index (χ2v) is 8.20. The van der Waals surface area contributed by atoms with Crippen molar-refractivity contribution in [2.24, 2.45) is 17.8 Å². The van der Waals surface area contributed by atoms with E-state index < -0.39 is 0 Å². The summed E-state index contributed by atoms with van der Waals surface area (Å²) >= 11 is 0. The predicted octanol–water partition coefficient (Wildman–Crippen LogP) is 7.01. The van der Waals surface area contributed by atoms with E-state index in [1.54, 1.807) is 12.1 Å². The molecule has 0 nitrogen and oxygen atoms in total. The molecule has 1 saturated carbocycles. The van der Waals surface area contributed by atoms with E-state index in [4.69, 9.17) is 0 Å². The minimum Gasteiger partial charge on any atom is -0.207 e. The number of hydrogen-bond donors (Lipinski definition) is 0. The Morgan fingerprint density at radius 2 is 1.44 bits per heavy atom. The number of halogens is 1. The number of rotatable bonds is 5. The third kappa shape index (κ3) is 5.96. The molecule has 1 unspecified atom stereocenters. The molecule has 1 fully saturated rings. The van der Waals surface area contributed by atoms with Crippen LogP contribution in [0.25, 0.3) is 0 Å². The van der Waals surface area contributed by atoms with Gasteiger partial charge in [0.2, 0.25) is 0 Å². The molecular formula is C26H31F. The summed E-state index contributed by atoms with van der Waals surface area (Å²) in [6.07, 6.45) is 9.60. The summed E-state index contributed by atoms with van der Waals surface area (Å²) < 4.78 is 12.9. The minimum atomic E-state index is -0.224. The Morgan fingerprint density at radius 3 is 2.00 bits per heavy atom. The molecule has 0 aliphatic heterocycles.